The van der Waals surface area contributed by atoms with E-state index in [1.807, 2.05) is 11.8 Å². The fraction of sp³-hybridized carbons (Fsp3) is 1.00. The normalized spacial score (nSPS) is 23.0. The summed E-state index contributed by atoms with van der Waals surface area (Å²) >= 11 is 0. The predicted octanol–water partition coefficient (Wildman–Crippen LogP) is 1.14. The van der Waals surface area contributed by atoms with Crippen LogP contribution in [0, 0.1) is 0 Å². The molecule has 0 aliphatic carbocycles. The van der Waals surface area contributed by atoms with Crippen molar-refractivity contribution in [2.24, 2.45) is 0 Å². The lowest BCUT2D eigenvalue weighted by atomic mass is 10.3. The lowest BCUT2D eigenvalue weighted by molar-refractivity contribution is -0.252. The van der Waals surface area contributed by atoms with Crippen molar-refractivity contribution >= 4 is 0 Å². The van der Waals surface area contributed by atoms with Crippen molar-refractivity contribution < 1.29 is 13.2 Å². The predicted molar refractivity (Wildman–Crippen MR) is 39.7 cm³/mol. The standard InChI is InChI=1S/C7H13F3N2/c1-2-11-3-5-12(6-4-11)7(8,9)10/h2-6H2,1H3. The zero-order valence-corrected chi connectivity index (χ0v) is 7.06. The van der Waals surface area contributed by atoms with Crippen LogP contribution >= 0.6 is 0 Å². The third-order valence-electron chi connectivity index (χ3n) is 2.18. The molecule has 1 aliphatic rings. The summed E-state index contributed by atoms with van der Waals surface area (Å²) in [5.41, 5.74) is 0. The van der Waals surface area contributed by atoms with Crippen molar-refractivity contribution in [3.8, 4) is 0 Å². The van der Waals surface area contributed by atoms with Crippen LogP contribution in [0.1, 0.15) is 6.92 Å². The maximum absolute atomic E-state index is 12.1. The number of alkyl halides is 3. The minimum absolute atomic E-state index is 0.108. The van der Waals surface area contributed by atoms with Crippen LogP contribution in [0.25, 0.3) is 0 Å². The molecule has 0 N–H and O–H groups in total. The van der Waals surface area contributed by atoms with Gasteiger partial charge >= 0.3 is 6.30 Å². The summed E-state index contributed by atoms with van der Waals surface area (Å²) in [5, 5.41) is 0. The molecule has 0 spiro atoms. The monoisotopic (exact) mass is 182 g/mol. The summed E-state index contributed by atoms with van der Waals surface area (Å²) in [6, 6.07) is 0. The molecule has 0 amide bonds. The lowest BCUT2D eigenvalue weighted by Crippen LogP contribution is -2.51. The molecule has 1 saturated heterocycles. The summed E-state index contributed by atoms with van der Waals surface area (Å²) in [6.45, 7) is 4.07. The Bertz CT molecular complexity index is 138. The van der Waals surface area contributed by atoms with Crippen LogP contribution in [0.15, 0.2) is 0 Å². The number of hydrogen-bond acceptors (Lipinski definition) is 2. The van der Waals surface area contributed by atoms with E-state index in [1.165, 1.54) is 0 Å². The molecule has 1 aliphatic heterocycles. The molecule has 72 valence electrons. The molecule has 2 nitrogen and oxygen atoms in total. The van der Waals surface area contributed by atoms with Gasteiger partial charge in [0, 0.05) is 26.2 Å². The zero-order valence-electron chi connectivity index (χ0n) is 7.06. The Morgan fingerprint density at radius 3 is 1.92 bits per heavy atom. The first-order valence-corrected chi connectivity index (χ1v) is 4.08. The Balaban J connectivity index is 2.36. The van der Waals surface area contributed by atoms with Crippen molar-refractivity contribution in [2.75, 3.05) is 32.7 Å². The number of likely N-dealkylation sites (N-methyl/N-ethyl adjacent to an activating group) is 1. The molecule has 0 bridgehead atoms. The minimum atomic E-state index is -4.14. The van der Waals surface area contributed by atoms with Gasteiger partial charge in [-0.3, -0.25) is 0 Å². The van der Waals surface area contributed by atoms with Gasteiger partial charge in [-0.25, -0.2) is 4.90 Å². The Kier molecular flexibility index (Phi) is 2.95. The van der Waals surface area contributed by atoms with Crippen molar-refractivity contribution in [1.82, 2.24) is 9.80 Å². The van der Waals surface area contributed by atoms with Crippen LogP contribution < -0.4 is 0 Å². The Labute approximate surface area is 69.9 Å². The van der Waals surface area contributed by atoms with Crippen LogP contribution in [0.2, 0.25) is 0 Å². The van der Waals surface area contributed by atoms with Gasteiger partial charge in [0.25, 0.3) is 0 Å². The van der Waals surface area contributed by atoms with Crippen molar-refractivity contribution in [1.29, 1.82) is 0 Å². The van der Waals surface area contributed by atoms with Crippen LogP contribution in [-0.2, 0) is 0 Å². The van der Waals surface area contributed by atoms with Crippen LogP contribution in [-0.4, -0.2) is 48.8 Å². The van der Waals surface area contributed by atoms with Crippen LogP contribution in [0.4, 0.5) is 13.2 Å². The van der Waals surface area contributed by atoms with E-state index in [4.69, 9.17) is 0 Å². The Hall–Kier alpha value is -0.290. The molecule has 0 atom stereocenters. The number of hydrogen-bond donors (Lipinski definition) is 0. The third kappa shape index (κ3) is 2.35. The molecule has 1 fully saturated rings. The molecule has 0 radical (unpaired) electrons. The van der Waals surface area contributed by atoms with Crippen molar-refractivity contribution in [3.63, 3.8) is 0 Å². The number of halogens is 3. The van der Waals surface area contributed by atoms with E-state index in [1.54, 1.807) is 0 Å². The molecule has 5 heteroatoms. The summed E-state index contributed by atoms with van der Waals surface area (Å²) < 4.78 is 36.2. The van der Waals surface area contributed by atoms with Crippen molar-refractivity contribution in [3.05, 3.63) is 0 Å². The second-order valence-corrected chi connectivity index (χ2v) is 2.89. The molecule has 0 unspecified atom stereocenters. The molecule has 0 aromatic carbocycles. The van der Waals surface area contributed by atoms with Gasteiger partial charge in [-0.2, -0.15) is 13.2 Å². The lowest BCUT2D eigenvalue weighted by Gasteiger charge is -2.34. The van der Waals surface area contributed by atoms with Gasteiger partial charge in [-0.05, 0) is 6.54 Å². The highest BCUT2D eigenvalue weighted by molar-refractivity contribution is 4.72. The molecule has 1 heterocycles. The quantitative estimate of drug-likeness (QED) is 0.561. The summed E-state index contributed by atoms with van der Waals surface area (Å²) in [6.07, 6.45) is -4.14. The highest BCUT2D eigenvalue weighted by atomic mass is 19.4. The Morgan fingerprint density at radius 2 is 1.58 bits per heavy atom. The van der Waals surface area contributed by atoms with E-state index in [-0.39, 0.29) is 13.1 Å². The number of rotatable bonds is 1. The maximum atomic E-state index is 12.1. The van der Waals surface area contributed by atoms with E-state index in [0.29, 0.717) is 18.0 Å². The maximum Gasteiger partial charge on any atom is 0.460 e. The fourth-order valence-electron chi connectivity index (χ4n) is 1.32. The fourth-order valence-corrected chi connectivity index (χ4v) is 1.32. The Morgan fingerprint density at radius 1 is 1.08 bits per heavy atom. The molecular formula is C7H13F3N2. The average Bonchev–Trinajstić information content (AvgIpc) is 2.03. The highest BCUT2D eigenvalue weighted by Gasteiger charge is 2.38. The zero-order chi connectivity index (χ0) is 9.19. The van der Waals surface area contributed by atoms with Gasteiger partial charge in [-0.15, -0.1) is 0 Å². The first-order valence-electron chi connectivity index (χ1n) is 4.08. The second-order valence-electron chi connectivity index (χ2n) is 2.89. The minimum Gasteiger partial charge on any atom is -0.301 e. The van der Waals surface area contributed by atoms with E-state index in [2.05, 4.69) is 0 Å². The van der Waals surface area contributed by atoms with Crippen LogP contribution in [0.3, 0.4) is 0 Å². The van der Waals surface area contributed by atoms with Gasteiger partial charge in [-0.1, -0.05) is 6.92 Å². The van der Waals surface area contributed by atoms with Gasteiger partial charge in [0.2, 0.25) is 0 Å². The molecule has 12 heavy (non-hydrogen) atoms. The largest absolute Gasteiger partial charge is 0.460 e. The average molecular weight is 182 g/mol. The third-order valence-corrected chi connectivity index (χ3v) is 2.18. The summed E-state index contributed by atoms with van der Waals surface area (Å²) in [4.78, 5) is 2.58. The van der Waals surface area contributed by atoms with E-state index < -0.39 is 6.30 Å². The second kappa shape index (κ2) is 3.62. The number of piperazine rings is 1. The SMILES string of the molecule is CCN1CCN(C(F)(F)F)CC1. The van der Waals surface area contributed by atoms with E-state index in [9.17, 15) is 13.2 Å². The molecule has 0 aromatic heterocycles. The summed E-state index contributed by atoms with van der Waals surface area (Å²) in [5.74, 6) is 0. The van der Waals surface area contributed by atoms with Gasteiger partial charge < -0.3 is 4.90 Å². The van der Waals surface area contributed by atoms with E-state index in [0.717, 1.165) is 6.54 Å². The molecular weight excluding hydrogens is 169 g/mol. The topological polar surface area (TPSA) is 6.48 Å². The molecule has 0 aromatic rings. The van der Waals surface area contributed by atoms with Gasteiger partial charge in [0.05, 0.1) is 0 Å². The molecule has 1 rings (SSSR count). The summed E-state index contributed by atoms with van der Waals surface area (Å²) in [7, 11) is 0. The highest BCUT2D eigenvalue weighted by Crippen LogP contribution is 2.22. The molecule has 0 saturated carbocycles. The first-order chi connectivity index (χ1) is 5.54. The van der Waals surface area contributed by atoms with Crippen LogP contribution in [0.5, 0.6) is 0 Å². The van der Waals surface area contributed by atoms with E-state index >= 15 is 0 Å². The first kappa shape index (κ1) is 9.80. The van der Waals surface area contributed by atoms with Gasteiger partial charge in [0.15, 0.2) is 0 Å². The number of nitrogens with zero attached hydrogens (tertiary/aromatic N) is 2. The van der Waals surface area contributed by atoms with Crippen molar-refractivity contribution in [2.45, 2.75) is 13.2 Å². The smallest absolute Gasteiger partial charge is 0.301 e. The van der Waals surface area contributed by atoms with Gasteiger partial charge in [0.1, 0.15) is 0 Å².